The van der Waals surface area contributed by atoms with Crippen LogP contribution >= 0.6 is 17.0 Å². The predicted molar refractivity (Wildman–Crippen MR) is 254 cm³/mol. The fourth-order valence-corrected chi connectivity index (χ4v) is 39.3. The van der Waals surface area contributed by atoms with E-state index in [4.69, 9.17) is 0 Å². The van der Waals surface area contributed by atoms with Crippen LogP contribution in [-0.2, 0) is 27.2 Å². The van der Waals surface area contributed by atoms with Crippen molar-refractivity contribution in [1.29, 1.82) is 0 Å². The number of fused-ring (bicyclic) bond motifs is 5. The Hall–Kier alpha value is -3.52. The Bertz CT molecular complexity index is 2540. The minimum absolute atomic E-state index is 0.0583. The van der Waals surface area contributed by atoms with E-state index in [9.17, 15) is 17.0 Å². The van der Waals surface area contributed by atoms with Gasteiger partial charge in [-0.2, -0.15) is 0 Å². The van der Waals surface area contributed by atoms with E-state index in [1.54, 1.807) is 0 Å². The fraction of sp³-hybridized carbons (Fsp3) is 0.259. The zero-order valence-electron chi connectivity index (χ0n) is 35.3. The van der Waals surface area contributed by atoms with Crippen LogP contribution in [0.4, 0.5) is 0 Å². The third-order valence-corrected chi connectivity index (χ3v) is 36.4. The molecule has 0 nitrogen and oxygen atoms in total. The van der Waals surface area contributed by atoms with Crippen LogP contribution in [-0.4, -0.2) is 9.52 Å². The molecule has 2 aliphatic carbocycles. The number of hydrogen-bond donors (Lipinski definition) is 0. The second kappa shape index (κ2) is 14.3. The van der Waals surface area contributed by atoms with Gasteiger partial charge in [-0.15, -0.1) is 0 Å². The van der Waals surface area contributed by atoms with E-state index in [0.717, 1.165) is 12.8 Å². The summed E-state index contributed by atoms with van der Waals surface area (Å²) in [5, 5.41) is 2.96. The monoisotopic (exact) mass is 891 g/mol. The topological polar surface area (TPSA) is 0 Å². The van der Waals surface area contributed by atoms with E-state index in [1.807, 2.05) is 0 Å². The Morgan fingerprint density at radius 2 is 0.966 bits per heavy atom. The Labute approximate surface area is 357 Å². The molecule has 0 fully saturated rings. The molecule has 293 valence electrons. The van der Waals surface area contributed by atoms with Gasteiger partial charge in [-0.05, 0) is 0 Å². The van der Waals surface area contributed by atoms with Crippen molar-refractivity contribution in [3.8, 4) is 33.4 Å². The Morgan fingerprint density at radius 1 is 0.517 bits per heavy atom. The van der Waals surface area contributed by atoms with E-state index in [-0.39, 0.29) is 18.1 Å². The van der Waals surface area contributed by atoms with Crippen molar-refractivity contribution in [2.75, 3.05) is 0 Å². The van der Waals surface area contributed by atoms with Gasteiger partial charge in [0, 0.05) is 0 Å². The van der Waals surface area contributed by atoms with Crippen molar-refractivity contribution < 1.29 is 16.4 Å². The molecule has 2 unspecified atom stereocenters. The first kappa shape index (κ1) is 39.9. The maximum absolute atomic E-state index is 9.33. The molecule has 58 heavy (non-hydrogen) atoms. The van der Waals surface area contributed by atoms with Gasteiger partial charge in [-0.25, -0.2) is 0 Å². The van der Waals surface area contributed by atoms with Crippen molar-refractivity contribution in [3.63, 3.8) is 0 Å². The van der Waals surface area contributed by atoms with Gasteiger partial charge in [-0.3, -0.25) is 0 Å². The molecule has 0 aromatic heterocycles. The van der Waals surface area contributed by atoms with Gasteiger partial charge >= 0.3 is 360 Å². The van der Waals surface area contributed by atoms with Crippen LogP contribution in [0.2, 0.25) is 0 Å². The van der Waals surface area contributed by atoms with Gasteiger partial charge in [-0.1, -0.05) is 0 Å². The number of allylic oxidation sites excluding steroid dienone is 2. The molecule has 6 aromatic rings. The maximum atomic E-state index is 9.33. The molecule has 0 spiro atoms. The number of benzene rings is 6. The average Bonchev–Trinajstić information content (AvgIpc) is 3.92. The molecule has 0 N–H and O–H groups in total. The average molecular weight is 894 g/mol. The molecular weight excluding hydrogens is 839 g/mol. The predicted octanol–water partition coefficient (Wildman–Crippen LogP) is 13.4. The van der Waals surface area contributed by atoms with Crippen molar-refractivity contribution in [2.45, 2.75) is 86.3 Å². The molecule has 0 bridgehead atoms. The van der Waals surface area contributed by atoms with E-state index in [2.05, 4.69) is 195 Å². The zero-order chi connectivity index (χ0) is 40.8. The summed E-state index contributed by atoms with van der Waals surface area (Å²) in [6.07, 6.45) is 6.82. The fourth-order valence-electron chi connectivity index (χ4n) is 11.0. The summed E-state index contributed by atoms with van der Waals surface area (Å²) in [5.74, 6) is 0. The minimum atomic E-state index is -5.62. The number of hydrogen-bond acceptors (Lipinski definition) is 0. The van der Waals surface area contributed by atoms with Crippen LogP contribution in [0, 0.1) is 0 Å². The van der Waals surface area contributed by atoms with Gasteiger partial charge in [0.05, 0.1) is 0 Å². The van der Waals surface area contributed by atoms with E-state index < -0.39 is 25.9 Å². The first-order valence-electron chi connectivity index (χ1n) is 21.3. The summed E-state index contributed by atoms with van der Waals surface area (Å²) in [6, 6.07) is 47.8. The molecule has 1 heterocycles. The molecule has 9 rings (SSSR count). The van der Waals surface area contributed by atoms with Crippen molar-refractivity contribution in [2.24, 2.45) is 0 Å². The molecule has 0 radical (unpaired) electrons. The third-order valence-electron chi connectivity index (χ3n) is 13.6. The van der Waals surface area contributed by atoms with E-state index >= 15 is 0 Å². The first-order valence-corrected chi connectivity index (χ1v) is 33.1. The molecule has 1 aliphatic heterocycles. The SMILES string of the molecule is CCC1=Cc2c(ccc(C(C)(C)C)c2-c2ccccc2)[CH]1[Zr]([Cl])([Cl])([c]1cccc2c1[SiH2]c1ccccc1-2)[CH]1C(CC)=Cc2c1ccc(C(C)(C)C)c2-c1ccccc1. The molecule has 0 saturated carbocycles. The van der Waals surface area contributed by atoms with E-state index in [0.29, 0.717) is 0 Å². The van der Waals surface area contributed by atoms with Crippen LogP contribution in [0.1, 0.15) is 109 Å². The van der Waals surface area contributed by atoms with Crippen LogP contribution in [0.3, 0.4) is 0 Å². The van der Waals surface area contributed by atoms with Crippen LogP contribution in [0.25, 0.3) is 45.5 Å². The summed E-state index contributed by atoms with van der Waals surface area (Å²) >= 11 is -5.62. The molecular formula is C54H55Cl2SiZr. The molecule has 4 heteroatoms. The summed E-state index contributed by atoms with van der Waals surface area (Å²) in [7, 11) is 17.8. The molecule has 6 aromatic carbocycles. The first-order chi connectivity index (χ1) is 27.7. The van der Waals surface area contributed by atoms with Crippen molar-refractivity contribution >= 4 is 52.3 Å². The van der Waals surface area contributed by atoms with Gasteiger partial charge in [0.1, 0.15) is 0 Å². The normalized spacial score (nSPS) is 18.2. The summed E-state index contributed by atoms with van der Waals surface area (Å²) in [6.45, 7) is 18.7. The van der Waals surface area contributed by atoms with Gasteiger partial charge in [0.2, 0.25) is 0 Å². The summed E-state index contributed by atoms with van der Waals surface area (Å²) < 4.78 is 1.10. The summed E-state index contributed by atoms with van der Waals surface area (Å²) in [4.78, 5) is 0. The Balaban J connectivity index is 1.40. The second-order valence-corrected chi connectivity index (χ2v) is 41.5. The summed E-state index contributed by atoms with van der Waals surface area (Å²) in [5.41, 5.74) is 18.5. The molecule has 0 amide bonds. The Morgan fingerprint density at radius 3 is 1.43 bits per heavy atom. The van der Waals surface area contributed by atoms with Crippen LogP contribution < -0.4 is 13.6 Å². The second-order valence-electron chi connectivity index (χ2n) is 19.0. The van der Waals surface area contributed by atoms with Crippen molar-refractivity contribution in [1.82, 2.24) is 0 Å². The number of halogens is 2. The third kappa shape index (κ3) is 6.06. The van der Waals surface area contributed by atoms with Crippen LogP contribution in [0.5, 0.6) is 0 Å². The Kier molecular flexibility index (Phi) is 9.84. The molecule has 0 saturated heterocycles. The molecule has 2 atom stereocenters. The van der Waals surface area contributed by atoms with Gasteiger partial charge in [0.15, 0.2) is 0 Å². The number of rotatable bonds is 7. The molecule has 3 aliphatic rings. The van der Waals surface area contributed by atoms with E-state index in [1.165, 1.54) is 91.6 Å². The zero-order valence-corrected chi connectivity index (χ0v) is 40.7. The standard InChI is InChI=1S/2C21H23.C12H9Si.2ClH.Zr/c2*1-5-15-13-17-11-12-19(21(2,3)4)20(18(17)14-15)16-9-7-6-8-10-16;1-3-7-11-9(5-1)10-6-2-4-8-12(10)13-11;;;/h2*6-14H,5H2,1-4H3;1-7H,13H2;2*1H;/q;;;;;+2/p-2. The van der Waals surface area contributed by atoms with Crippen LogP contribution in [0.15, 0.2) is 139 Å². The van der Waals surface area contributed by atoms with Crippen molar-refractivity contribution in [3.05, 3.63) is 172 Å². The van der Waals surface area contributed by atoms with Gasteiger partial charge < -0.3 is 0 Å². The quantitative estimate of drug-likeness (QED) is 0.140. The van der Waals surface area contributed by atoms with Gasteiger partial charge in [0.25, 0.3) is 0 Å².